The molecule has 0 radical (unpaired) electrons. The highest BCUT2D eigenvalue weighted by molar-refractivity contribution is 6.30. The fourth-order valence-electron chi connectivity index (χ4n) is 1.80. The minimum absolute atomic E-state index is 0.0969. The van der Waals surface area contributed by atoms with E-state index in [1.54, 1.807) is 25.1 Å². The lowest BCUT2D eigenvalue weighted by Crippen LogP contribution is -2.05. The van der Waals surface area contributed by atoms with Crippen LogP contribution in [0.2, 0.25) is 5.02 Å². The van der Waals surface area contributed by atoms with Crippen LogP contribution in [0.15, 0.2) is 36.4 Å². The van der Waals surface area contributed by atoms with Gasteiger partial charge in [-0.05, 0) is 48.4 Å². The van der Waals surface area contributed by atoms with E-state index in [-0.39, 0.29) is 5.56 Å². The third-order valence-corrected chi connectivity index (χ3v) is 3.02. The van der Waals surface area contributed by atoms with E-state index in [0.29, 0.717) is 10.6 Å². The molecule has 2 aromatic rings. The van der Waals surface area contributed by atoms with Crippen molar-refractivity contribution >= 4 is 11.6 Å². The topological polar surface area (TPSA) is 20.2 Å². The van der Waals surface area contributed by atoms with Crippen molar-refractivity contribution in [3.63, 3.8) is 0 Å². The number of aliphatic hydroxyl groups excluding tert-OH is 1. The molecule has 0 aromatic heterocycles. The molecule has 1 unspecified atom stereocenters. The van der Waals surface area contributed by atoms with Crippen LogP contribution in [-0.4, -0.2) is 5.11 Å². The van der Waals surface area contributed by atoms with Crippen molar-refractivity contribution < 1.29 is 13.9 Å². The molecule has 2 rings (SSSR count). The van der Waals surface area contributed by atoms with Gasteiger partial charge in [0, 0.05) is 10.6 Å². The Hall–Kier alpha value is -1.45. The summed E-state index contributed by atoms with van der Waals surface area (Å²) in [5.74, 6) is -1.24. The summed E-state index contributed by atoms with van der Waals surface area (Å²) in [5.41, 5.74) is 1.13. The van der Waals surface area contributed by atoms with Crippen LogP contribution < -0.4 is 0 Å². The van der Waals surface area contributed by atoms with Gasteiger partial charge in [0.15, 0.2) is 0 Å². The van der Waals surface area contributed by atoms with Crippen molar-refractivity contribution in [2.75, 3.05) is 0 Å². The molecule has 0 fully saturated rings. The average Bonchev–Trinajstić information content (AvgIpc) is 2.34. The molecule has 0 bridgehead atoms. The van der Waals surface area contributed by atoms with Crippen molar-refractivity contribution in [2.24, 2.45) is 0 Å². The van der Waals surface area contributed by atoms with Crippen LogP contribution in [0.5, 0.6) is 0 Å². The summed E-state index contributed by atoms with van der Waals surface area (Å²) in [5, 5.41) is 10.6. The van der Waals surface area contributed by atoms with E-state index < -0.39 is 17.7 Å². The number of hydrogen-bond donors (Lipinski definition) is 1. The maximum absolute atomic E-state index is 13.6. The number of rotatable bonds is 2. The average molecular weight is 269 g/mol. The van der Waals surface area contributed by atoms with Gasteiger partial charge in [-0.3, -0.25) is 0 Å². The van der Waals surface area contributed by atoms with E-state index in [1.165, 1.54) is 0 Å². The Bertz CT molecular complexity index is 533. The van der Waals surface area contributed by atoms with Crippen LogP contribution in [-0.2, 0) is 0 Å². The standard InChI is InChI=1S/C14H11ClF2O/c1-8-2-3-9(15)6-11(8)14(18)12-7-10(16)4-5-13(12)17/h2-7,14,18H,1H3. The quantitative estimate of drug-likeness (QED) is 0.873. The Morgan fingerprint density at radius 1 is 1.06 bits per heavy atom. The lowest BCUT2D eigenvalue weighted by Gasteiger charge is -2.15. The number of aryl methyl sites for hydroxylation is 1. The summed E-state index contributed by atoms with van der Waals surface area (Å²) in [6, 6.07) is 7.93. The zero-order valence-electron chi connectivity index (χ0n) is 9.62. The molecule has 1 atom stereocenters. The van der Waals surface area contributed by atoms with Gasteiger partial charge in [-0.15, -0.1) is 0 Å². The van der Waals surface area contributed by atoms with Gasteiger partial charge in [0.25, 0.3) is 0 Å². The second kappa shape index (κ2) is 5.04. The Labute approximate surface area is 109 Å². The molecule has 0 aliphatic heterocycles. The monoisotopic (exact) mass is 268 g/mol. The predicted molar refractivity (Wildman–Crippen MR) is 66.6 cm³/mol. The first-order valence-corrected chi connectivity index (χ1v) is 5.76. The smallest absolute Gasteiger partial charge is 0.129 e. The van der Waals surface area contributed by atoms with Gasteiger partial charge in [0.05, 0.1) is 0 Å². The van der Waals surface area contributed by atoms with Crippen LogP contribution in [0, 0.1) is 18.6 Å². The van der Waals surface area contributed by atoms with Crippen molar-refractivity contribution in [1.82, 2.24) is 0 Å². The van der Waals surface area contributed by atoms with Crippen molar-refractivity contribution in [3.8, 4) is 0 Å². The Kier molecular flexibility index (Phi) is 3.64. The second-order valence-electron chi connectivity index (χ2n) is 4.07. The zero-order valence-corrected chi connectivity index (χ0v) is 10.4. The van der Waals surface area contributed by atoms with Crippen LogP contribution in [0.4, 0.5) is 8.78 Å². The summed E-state index contributed by atoms with van der Waals surface area (Å²) in [7, 11) is 0. The maximum atomic E-state index is 13.6. The van der Waals surface area contributed by atoms with Gasteiger partial charge in [-0.1, -0.05) is 17.7 Å². The first kappa shape index (κ1) is 13.0. The summed E-state index contributed by atoms with van der Waals surface area (Å²) in [4.78, 5) is 0. The highest BCUT2D eigenvalue weighted by atomic mass is 35.5. The summed E-state index contributed by atoms with van der Waals surface area (Å²) >= 11 is 5.84. The van der Waals surface area contributed by atoms with E-state index >= 15 is 0 Å². The number of benzene rings is 2. The molecule has 0 spiro atoms. The van der Waals surface area contributed by atoms with Gasteiger partial charge in [-0.2, -0.15) is 0 Å². The molecule has 0 aliphatic carbocycles. The number of hydrogen-bond acceptors (Lipinski definition) is 1. The van der Waals surface area contributed by atoms with Crippen molar-refractivity contribution in [3.05, 3.63) is 69.7 Å². The normalized spacial score (nSPS) is 12.5. The van der Waals surface area contributed by atoms with E-state index in [0.717, 1.165) is 23.8 Å². The molecule has 94 valence electrons. The Balaban J connectivity index is 2.50. The van der Waals surface area contributed by atoms with E-state index in [9.17, 15) is 13.9 Å². The van der Waals surface area contributed by atoms with Gasteiger partial charge >= 0.3 is 0 Å². The third kappa shape index (κ3) is 2.52. The molecular formula is C14H11ClF2O. The van der Waals surface area contributed by atoms with E-state index in [2.05, 4.69) is 0 Å². The van der Waals surface area contributed by atoms with Gasteiger partial charge in [-0.25, -0.2) is 8.78 Å². The Morgan fingerprint density at radius 3 is 2.50 bits per heavy atom. The fraction of sp³-hybridized carbons (Fsp3) is 0.143. The van der Waals surface area contributed by atoms with E-state index in [4.69, 9.17) is 11.6 Å². The number of halogens is 3. The summed E-state index contributed by atoms with van der Waals surface area (Å²) in [6.07, 6.45) is -1.24. The lowest BCUT2D eigenvalue weighted by molar-refractivity contribution is 0.213. The first-order chi connectivity index (χ1) is 8.49. The van der Waals surface area contributed by atoms with Gasteiger partial charge in [0.2, 0.25) is 0 Å². The van der Waals surface area contributed by atoms with Crippen LogP contribution in [0.1, 0.15) is 22.8 Å². The second-order valence-corrected chi connectivity index (χ2v) is 4.51. The molecule has 0 amide bonds. The molecule has 0 heterocycles. The highest BCUT2D eigenvalue weighted by Gasteiger charge is 2.18. The molecule has 1 nitrogen and oxygen atoms in total. The molecule has 0 saturated carbocycles. The van der Waals surface area contributed by atoms with Crippen LogP contribution in [0.25, 0.3) is 0 Å². The fourth-order valence-corrected chi connectivity index (χ4v) is 1.98. The Morgan fingerprint density at radius 2 is 1.78 bits per heavy atom. The van der Waals surface area contributed by atoms with Crippen LogP contribution >= 0.6 is 11.6 Å². The first-order valence-electron chi connectivity index (χ1n) is 5.38. The molecule has 1 N–H and O–H groups in total. The minimum atomic E-state index is -1.24. The van der Waals surface area contributed by atoms with Gasteiger partial charge in [0.1, 0.15) is 17.7 Å². The van der Waals surface area contributed by atoms with Crippen LogP contribution in [0.3, 0.4) is 0 Å². The van der Waals surface area contributed by atoms with E-state index in [1.807, 2.05) is 0 Å². The predicted octanol–water partition coefficient (Wildman–Crippen LogP) is 4.01. The molecule has 4 heteroatoms. The molecule has 2 aromatic carbocycles. The zero-order chi connectivity index (χ0) is 13.3. The lowest BCUT2D eigenvalue weighted by atomic mass is 9.97. The summed E-state index contributed by atoms with van der Waals surface area (Å²) in [6.45, 7) is 1.77. The molecule has 0 saturated heterocycles. The third-order valence-electron chi connectivity index (χ3n) is 2.79. The molecular weight excluding hydrogens is 258 g/mol. The molecule has 0 aliphatic rings. The van der Waals surface area contributed by atoms with Crippen molar-refractivity contribution in [2.45, 2.75) is 13.0 Å². The van der Waals surface area contributed by atoms with Gasteiger partial charge < -0.3 is 5.11 Å². The minimum Gasteiger partial charge on any atom is -0.384 e. The SMILES string of the molecule is Cc1ccc(Cl)cc1C(O)c1cc(F)ccc1F. The largest absolute Gasteiger partial charge is 0.384 e. The molecule has 18 heavy (non-hydrogen) atoms. The highest BCUT2D eigenvalue weighted by Crippen LogP contribution is 2.29. The van der Waals surface area contributed by atoms with Crippen molar-refractivity contribution in [1.29, 1.82) is 0 Å². The number of aliphatic hydroxyl groups is 1. The maximum Gasteiger partial charge on any atom is 0.129 e. The summed E-state index contributed by atoms with van der Waals surface area (Å²) < 4.78 is 26.7.